The molecule has 6 heteroatoms. The van der Waals surface area contributed by atoms with Crippen LogP contribution in [0.5, 0.6) is 0 Å². The first kappa shape index (κ1) is 13.1. The lowest BCUT2D eigenvalue weighted by Gasteiger charge is -2.03. The van der Waals surface area contributed by atoms with Crippen molar-refractivity contribution in [2.24, 2.45) is 0 Å². The van der Waals surface area contributed by atoms with Crippen molar-refractivity contribution in [3.63, 3.8) is 0 Å². The second kappa shape index (κ2) is 4.42. The maximum Gasteiger partial charge on any atom is 0.454 e. The van der Waals surface area contributed by atoms with Gasteiger partial charge in [0.25, 0.3) is 5.78 Å². The summed E-state index contributed by atoms with van der Waals surface area (Å²) in [5, 5.41) is 0.313. The van der Waals surface area contributed by atoms with E-state index in [1.54, 1.807) is 16.7 Å². The molecule has 0 amide bonds. The molecular weight excluding hydrogens is 311 g/mol. The summed E-state index contributed by atoms with van der Waals surface area (Å²) in [7, 11) is 0. The van der Waals surface area contributed by atoms with E-state index >= 15 is 0 Å². The standard InChI is InChI=1S/C12H9BrF3NO/c1-2-17-6-9(11(18)12(14,15)16)8-5-7(13)3-4-10(8)17/h3-6H,2H2,1H3. The molecule has 0 unspecified atom stereocenters. The molecule has 0 radical (unpaired) electrons. The Kier molecular flexibility index (Phi) is 3.23. The fraction of sp³-hybridized carbons (Fsp3) is 0.250. The number of aromatic nitrogens is 1. The SMILES string of the molecule is CCn1cc(C(=O)C(F)(F)F)c2cc(Br)ccc21. The molecule has 0 bridgehead atoms. The highest BCUT2D eigenvalue weighted by Gasteiger charge is 2.40. The van der Waals surface area contributed by atoms with Crippen LogP contribution in [0.1, 0.15) is 17.3 Å². The van der Waals surface area contributed by atoms with Crippen LogP contribution in [0.15, 0.2) is 28.9 Å². The van der Waals surface area contributed by atoms with Gasteiger partial charge in [0.2, 0.25) is 0 Å². The highest BCUT2D eigenvalue weighted by molar-refractivity contribution is 9.10. The molecular formula is C12H9BrF3NO. The van der Waals surface area contributed by atoms with Gasteiger partial charge in [-0.1, -0.05) is 15.9 Å². The molecule has 0 aliphatic carbocycles. The van der Waals surface area contributed by atoms with Gasteiger partial charge in [0.05, 0.1) is 5.56 Å². The van der Waals surface area contributed by atoms with E-state index in [-0.39, 0.29) is 5.56 Å². The molecule has 1 heterocycles. The number of carbonyl (C=O) groups is 1. The third kappa shape index (κ3) is 2.16. The third-order valence-electron chi connectivity index (χ3n) is 2.69. The van der Waals surface area contributed by atoms with E-state index in [0.29, 0.717) is 21.9 Å². The van der Waals surface area contributed by atoms with Gasteiger partial charge in [-0.25, -0.2) is 0 Å². The molecule has 0 spiro atoms. The number of rotatable bonds is 2. The summed E-state index contributed by atoms with van der Waals surface area (Å²) in [4.78, 5) is 11.4. The van der Waals surface area contributed by atoms with E-state index in [4.69, 9.17) is 0 Å². The number of carbonyl (C=O) groups excluding carboxylic acids is 1. The first-order valence-corrected chi connectivity index (χ1v) is 6.03. The first-order chi connectivity index (χ1) is 8.34. The van der Waals surface area contributed by atoms with Crippen LogP contribution in [0.25, 0.3) is 10.9 Å². The lowest BCUT2D eigenvalue weighted by atomic mass is 10.1. The largest absolute Gasteiger partial charge is 0.454 e. The smallest absolute Gasteiger partial charge is 0.347 e. The van der Waals surface area contributed by atoms with Gasteiger partial charge in [0, 0.05) is 28.1 Å². The van der Waals surface area contributed by atoms with Gasteiger partial charge < -0.3 is 4.57 Å². The van der Waals surface area contributed by atoms with Gasteiger partial charge in [-0.2, -0.15) is 13.2 Å². The Morgan fingerprint density at radius 2 is 2.06 bits per heavy atom. The van der Waals surface area contributed by atoms with Crippen molar-refractivity contribution in [1.29, 1.82) is 0 Å². The normalized spacial score (nSPS) is 12.1. The van der Waals surface area contributed by atoms with Gasteiger partial charge in [0.1, 0.15) is 0 Å². The lowest BCUT2D eigenvalue weighted by Crippen LogP contribution is -2.22. The molecule has 0 saturated heterocycles. The zero-order valence-electron chi connectivity index (χ0n) is 9.38. The summed E-state index contributed by atoms with van der Waals surface area (Å²) >= 11 is 3.20. The van der Waals surface area contributed by atoms with E-state index in [1.165, 1.54) is 12.3 Å². The maximum atomic E-state index is 12.5. The van der Waals surface area contributed by atoms with E-state index in [9.17, 15) is 18.0 Å². The zero-order chi connectivity index (χ0) is 13.5. The van der Waals surface area contributed by atoms with Crippen molar-refractivity contribution in [3.05, 3.63) is 34.4 Å². The Morgan fingerprint density at radius 3 is 2.61 bits per heavy atom. The predicted molar refractivity (Wildman–Crippen MR) is 65.7 cm³/mol. The molecule has 0 saturated carbocycles. The van der Waals surface area contributed by atoms with E-state index in [2.05, 4.69) is 15.9 Å². The summed E-state index contributed by atoms with van der Waals surface area (Å²) in [6.45, 7) is 2.31. The van der Waals surface area contributed by atoms with Crippen molar-refractivity contribution in [1.82, 2.24) is 4.57 Å². The minimum Gasteiger partial charge on any atom is -0.347 e. The van der Waals surface area contributed by atoms with Crippen LogP contribution in [-0.2, 0) is 6.54 Å². The predicted octanol–water partition coefficient (Wildman–Crippen LogP) is 4.17. The molecule has 1 aromatic heterocycles. The number of fused-ring (bicyclic) bond motifs is 1. The average Bonchev–Trinajstić information content (AvgIpc) is 2.64. The summed E-state index contributed by atoms with van der Waals surface area (Å²) in [5.41, 5.74) is 0.314. The minimum absolute atomic E-state index is 0.305. The number of halogens is 4. The highest BCUT2D eigenvalue weighted by Crippen LogP contribution is 2.30. The molecule has 0 atom stereocenters. The topological polar surface area (TPSA) is 22.0 Å². The molecule has 2 rings (SSSR count). The summed E-state index contributed by atoms with van der Waals surface area (Å²) in [6, 6.07) is 4.95. The number of nitrogens with zero attached hydrogens (tertiary/aromatic N) is 1. The van der Waals surface area contributed by atoms with Gasteiger partial charge in [-0.15, -0.1) is 0 Å². The summed E-state index contributed by atoms with van der Waals surface area (Å²) in [5.74, 6) is -1.81. The number of hydrogen-bond acceptors (Lipinski definition) is 1. The number of ketones is 1. The van der Waals surface area contributed by atoms with Crippen LogP contribution < -0.4 is 0 Å². The Balaban J connectivity index is 2.71. The quantitative estimate of drug-likeness (QED) is 0.761. The summed E-state index contributed by atoms with van der Waals surface area (Å²) in [6.07, 6.45) is -3.60. The zero-order valence-corrected chi connectivity index (χ0v) is 11.0. The second-order valence-electron chi connectivity index (χ2n) is 3.82. The Labute approximate surface area is 110 Å². The van der Waals surface area contributed by atoms with E-state index < -0.39 is 12.0 Å². The molecule has 2 nitrogen and oxygen atoms in total. The van der Waals surface area contributed by atoms with Crippen LogP contribution in [0.4, 0.5) is 13.2 Å². The Morgan fingerprint density at radius 1 is 1.39 bits per heavy atom. The lowest BCUT2D eigenvalue weighted by molar-refractivity contribution is -0.0884. The second-order valence-corrected chi connectivity index (χ2v) is 4.73. The summed E-state index contributed by atoms with van der Waals surface area (Å²) < 4.78 is 39.8. The van der Waals surface area contributed by atoms with Gasteiger partial charge >= 0.3 is 6.18 Å². The fourth-order valence-corrected chi connectivity index (χ4v) is 2.23. The fourth-order valence-electron chi connectivity index (χ4n) is 1.86. The number of benzene rings is 1. The van der Waals surface area contributed by atoms with Gasteiger partial charge in [-0.3, -0.25) is 4.79 Å². The van der Waals surface area contributed by atoms with Crippen LogP contribution >= 0.6 is 15.9 Å². The van der Waals surface area contributed by atoms with E-state index in [0.717, 1.165) is 0 Å². The van der Waals surface area contributed by atoms with Crippen LogP contribution in [-0.4, -0.2) is 16.5 Å². The van der Waals surface area contributed by atoms with E-state index in [1.807, 2.05) is 6.92 Å². The number of hydrogen-bond donors (Lipinski definition) is 0. The van der Waals surface area contributed by atoms with Crippen molar-refractivity contribution >= 4 is 32.6 Å². The van der Waals surface area contributed by atoms with Crippen LogP contribution in [0, 0.1) is 0 Å². The average molecular weight is 320 g/mol. The molecule has 96 valence electrons. The Bertz CT molecular complexity index is 616. The third-order valence-corrected chi connectivity index (χ3v) is 3.18. The van der Waals surface area contributed by atoms with Crippen LogP contribution in [0.3, 0.4) is 0 Å². The van der Waals surface area contributed by atoms with Crippen molar-refractivity contribution < 1.29 is 18.0 Å². The molecule has 0 aliphatic heterocycles. The number of Topliss-reactive ketones (excluding diaryl/α,β-unsaturated/α-hetero) is 1. The molecule has 18 heavy (non-hydrogen) atoms. The molecule has 0 fully saturated rings. The highest BCUT2D eigenvalue weighted by atomic mass is 79.9. The van der Waals surface area contributed by atoms with Gasteiger partial charge in [0.15, 0.2) is 0 Å². The van der Waals surface area contributed by atoms with Crippen LogP contribution in [0.2, 0.25) is 0 Å². The monoisotopic (exact) mass is 319 g/mol. The molecule has 0 aliphatic rings. The minimum atomic E-state index is -4.85. The molecule has 2 aromatic rings. The van der Waals surface area contributed by atoms with Crippen molar-refractivity contribution in [2.45, 2.75) is 19.6 Å². The van der Waals surface area contributed by atoms with Gasteiger partial charge in [-0.05, 0) is 25.1 Å². The Hall–Kier alpha value is -1.30. The number of alkyl halides is 3. The van der Waals surface area contributed by atoms with Crippen molar-refractivity contribution in [3.8, 4) is 0 Å². The maximum absolute atomic E-state index is 12.5. The van der Waals surface area contributed by atoms with Crippen molar-refractivity contribution in [2.75, 3.05) is 0 Å². The molecule has 0 N–H and O–H groups in total. The number of aryl methyl sites for hydroxylation is 1. The molecule has 1 aromatic carbocycles. The first-order valence-electron chi connectivity index (χ1n) is 5.24.